The van der Waals surface area contributed by atoms with E-state index in [0.29, 0.717) is 24.7 Å². The summed E-state index contributed by atoms with van der Waals surface area (Å²) in [6.45, 7) is 2.45. The molecule has 3 aromatic rings. The number of aryl methyl sites for hydroxylation is 2. The molecular weight excluding hydrogens is 390 g/mol. The summed E-state index contributed by atoms with van der Waals surface area (Å²) in [5.41, 5.74) is 0.555. The number of benzene rings is 1. The van der Waals surface area contributed by atoms with Crippen molar-refractivity contribution in [3.63, 3.8) is 0 Å². The van der Waals surface area contributed by atoms with Crippen molar-refractivity contribution in [3.05, 3.63) is 50.7 Å². The Bertz CT molecular complexity index is 1130. The van der Waals surface area contributed by atoms with Gasteiger partial charge in [0.05, 0.1) is 6.54 Å². The highest BCUT2D eigenvalue weighted by atomic mass is 16.5. The van der Waals surface area contributed by atoms with Crippen molar-refractivity contribution in [2.45, 2.75) is 26.0 Å². The van der Waals surface area contributed by atoms with Gasteiger partial charge < -0.3 is 24.8 Å². The Balaban J connectivity index is 1.91. The Morgan fingerprint density at radius 3 is 2.53 bits per heavy atom. The summed E-state index contributed by atoms with van der Waals surface area (Å²) >= 11 is 0. The maximum Gasteiger partial charge on any atom is 0.332 e. The summed E-state index contributed by atoms with van der Waals surface area (Å²) in [4.78, 5) is 29.4. The van der Waals surface area contributed by atoms with Crippen LogP contribution in [0.4, 0.5) is 5.95 Å². The van der Waals surface area contributed by atoms with Crippen molar-refractivity contribution in [3.8, 4) is 5.75 Å². The summed E-state index contributed by atoms with van der Waals surface area (Å²) in [6, 6.07) is 7.47. The average molecular weight is 417 g/mol. The van der Waals surface area contributed by atoms with Gasteiger partial charge in [0.25, 0.3) is 5.56 Å². The third-order valence-electron chi connectivity index (χ3n) is 4.82. The predicted octanol–water partition coefficient (Wildman–Crippen LogP) is -0.0237. The van der Waals surface area contributed by atoms with E-state index >= 15 is 0 Å². The van der Waals surface area contributed by atoms with E-state index < -0.39 is 17.4 Å². The van der Waals surface area contributed by atoms with Gasteiger partial charge in [0.15, 0.2) is 11.2 Å². The monoisotopic (exact) mass is 417 g/mol. The van der Waals surface area contributed by atoms with E-state index in [0.717, 1.165) is 10.1 Å². The van der Waals surface area contributed by atoms with Gasteiger partial charge in [-0.2, -0.15) is 4.98 Å². The first-order valence-corrected chi connectivity index (χ1v) is 9.72. The number of hydrogen-bond donors (Lipinski definition) is 3. The number of aromatic nitrogens is 4. The normalized spacial score (nSPS) is 12.3. The van der Waals surface area contributed by atoms with E-state index in [9.17, 15) is 14.7 Å². The van der Waals surface area contributed by atoms with Crippen molar-refractivity contribution in [1.82, 2.24) is 18.7 Å². The van der Waals surface area contributed by atoms with E-state index in [1.165, 1.54) is 18.7 Å². The van der Waals surface area contributed by atoms with Crippen molar-refractivity contribution in [2.24, 2.45) is 14.1 Å². The molecule has 10 heteroatoms. The molecule has 3 rings (SSSR count). The molecule has 2 aromatic heterocycles. The van der Waals surface area contributed by atoms with Crippen LogP contribution >= 0.6 is 0 Å². The number of rotatable bonds is 9. The number of anilines is 1. The largest absolute Gasteiger partial charge is 0.491 e. The van der Waals surface area contributed by atoms with Crippen LogP contribution in [0.5, 0.6) is 5.75 Å². The molecule has 0 aliphatic carbocycles. The van der Waals surface area contributed by atoms with E-state index in [4.69, 9.17) is 9.84 Å². The van der Waals surface area contributed by atoms with Crippen LogP contribution in [0.3, 0.4) is 0 Å². The molecule has 1 atom stereocenters. The number of aliphatic hydroxyl groups excluding tert-OH is 2. The molecule has 0 saturated heterocycles. The molecule has 10 nitrogen and oxygen atoms in total. The Labute approximate surface area is 173 Å². The molecule has 2 heterocycles. The molecule has 0 aliphatic heterocycles. The smallest absolute Gasteiger partial charge is 0.332 e. The van der Waals surface area contributed by atoms with Gasteiger partial charge in [-0.3, -0.25) is 13.9 Å². The molecule has 3 N–H and O–H groups in total. The number of nitrogens with one attached hydrogen (secondary N) is 1. The van der Waals surface area contributed by atoms with Crippen LogP contribution in [0.2, 0.25) is 0 Å². The molecule has 1 aromatic carbocycles. The number of imidazole rings is 1. The summed E-state index contributed by atoms with van der Waals surface area (Å²) in [5, 5.41) is 22.6. The minimum Gasteiger partial charge on any atom is -0.491 e. The van der Waals surface area contributed by atoms with Crippen LogP contribution in [0, 0.1) is 6.92 Å². The molecule has 0 radical (unpaired) electrons. The first kappa shape index (κ1) is 21.6. The van der Waals surface area contributed by atoms with Crippen LogP contribution in [0.25, 0.3) is 11.2 Å². The van der Waals surface area contributed by atoms with Crippen molar-refractivity contribution in [2.75, 3.05) is 25.1 Å². The maximum atomic E-state index is 12.8. The molecule has 162 valence electrons. The van der Waals surface area contributed by atoms with Gasteiger partial charge in [-0.15, -0.1) is 0 Å². The van der Waals surface area contributed by atoms with Crippen LogP contribution in [0.1, 0.15) is 12.0 Å². The minimum absolute atomic E-state index is 0.000491. The highest BCUT2D eigenvalue weighted by molar-refractivity contribution is 5.74. The molecule has 0 spiro atoms. The molecule has 0 aliphatic rings. The standard InChI is InChI=1S/C20H27N5O5/c1-13-5-7-15(8-6-13)30-12-14(27)11-25-16-17(22-19(25)21-9-4-10-26)23(2)20(29)24(3)18(16)28/h5-8,14,26-27H,4,9-12H2,1-3H3,(H,21,22)/t14-/m0/s1. The van der Waals surface area contributed by atoms with Gasteiger partial charge in [0, 0.05) is 27.2 Å². The predicted molar refractivity (Wildman–Crippen MR) is 113 cm³/mol. The van der Waals surface area contributed by atoms with Gasteiger partial charge in [-0.25, -0.2) is 4.79 Å². The lowest BCUT2D eigenvalue weighted by molar-refractivity contribution is 0.0938. The number of aliphatic hydroxyl groups is 2. The van der Waals surface area contributed by atoms with E-state index in [1.54, 1.807) is 4.57 Å². The van der Waals surface area contributed by atoms with Crippen LogP contribution in [0.15, 0.2) is 33.9 Å². The van der Waals surface area contributed by atoms with Crippen molar-refractivity contribution in [1.29, 1.82) is 0 Å². The molecule has 0 bridgehead atoms. The van der Waals surface area contributed by atoms with Crippen LogP contribution in [-0.2, 0) is 20.6 Å². The van der Waals surface area contributed by atoms with E-state index in [1.807, 2.05) is 31.2 Å². The molecular formula is C20H27N5O5. The van der Waals surface area contributed by atoms with E-state index in [-0.39, 0.29) is 30.9 Å². The van der Waals surface area contributed by atoms with Crippen LogP contribution < -0.4 is 21.3 Å². The lowest BCUT2D eigenvalue weighted by atomic mass is 10.2. The zero-order valence-electron chi connectivity index (χ0n) is 17.3. The highest BCUT2D eigenvalue weighted by Crippen LogP contribution is 2.17. The van der Waals surface area contributed by atoms with Gasteiger partial charge in [-0.05, 0) is 25.5 Å². The summed E-state index contributed by atoms with van der Waals surface area (Å²) in [5.74, 6) is 0.973. The molecule has 30 heavy (non-hydrogen) atoms. The summed E-state index contributed by atoms with van der Waals surface area (Å²) in [7, 11) is 2.94. The Hall–Kier alpha value is -3.11. The Morgan fingerprint density at radius 2 is 1.87 bits per heavy atom. The topological polar surface area (TPSA) is 124 Å². The molecule has 0 saturated carbocycles. The molecule has 0 fully saturated rings. The fourth-order valence-corrected chi connectivity index (χ4v) is 3.13. The fourth-order valence-electron chi connectivity index (χ4n) is 3.13. The quantitative estimate of drug-likeness (QED) is 0.418. The van der Waals surface area contributed by atoms with Gasteiger partial charge in [-0.1, -0.05) is 17.7 Å². The summed E-state index contributed by atoms with van der Waals surface area (Å²) < 4.78 is 9.49. The first-order valence-electron chi connectivity index (χ1n) is 9.72. The Morgan fingerprint density at radius 1 is 1.17 bits per heavy atom. The van der Waals surface area contributed by atoms with Crippen LogP contribution in [-0.4, -0.2) is 54.8 Å². The lowest BCUT2D eigenvalue weighted by Crippen LogP contribution is -2.38. The lowest BCUT2D eigenvalue weighted by Gasteiger charge is -2.16. The zero-order valence-corrected chi connectivity index (χ0v) is 17.3. The van der Waals surface area contributed by atoms with Crippen molar-refractivity contribution >= 4 is 17.1 Å². The van der Waals surface area contributed by atoms with Crippen molar-refractivity contribution < 1.29 is 14.9 Å². The minimum atomic E-state index is -0.927. The van der Waals surface area contributed by atoms with Gasteiger partial charge >= 0.3 is 5.69 Å². The van der Waals surface area contributed by atoms with Gasteiger partial charge in [0.2, 0.25) is 5.95 Å². The number of fused-ring (bicyclic) bond motifs is 1. The summed E-state index contributed by atoms with van der Waals surface area (Å²) in [6.07, 6.45) is -0.441. The number of hydrogen-bond acceptors (Lipinski definition) is 7. The number of nitrogens with zero attached hydrogens (tertiary/aromatic N) is 4. The SMILES string of the molecule is Cc1ccc(OC[C@@H](O)Cn2c(NCCCO)nc3c2c(=O)n(C)c(=O)n3C)cc1. The number of ether oxygens (including phenoxy) is 1. The maximum absolute atomic E-state index is 12.8. The third kappa shape index (κ3) is 4.39. The average Bonchev–Trinajstić information content (AvgIpc) is 3.08. The second kappa shape index (κ2) is 9.14. The fraction of sp³-hybridized carbons (Fsp3) is 0.450. The molecule has 0 amide bonds. The Kier molecular flexibility index (Phi) is 6.58. The van der Waals surface area contributed by atoms with Gasteiger partial charge in [0.1, 0.15) is 18.5 Å². The highest BCUT2D eigenvalue weighted by Gasteiger charge is 2.21. The zero-order chi connectivity index (χ0) is 21.8. The van der Waals surface area contributed by atoms with E-state index in [2.05, 4.69) is 10.3 Å². The molecule has 0 unspecified atom stereocenters. The third-order valence-corrected chi connectivity index (χ3v) is 4.82. The second-order valence-corrected chi connectivity index (χ2v) is 7.21. The first-order chi connectivity index (χ1) is 14.3. The second-order valence-electron chi connectivity index (χ2n) is 7.21.